The maximum absolute atomic E-state index is 12.6. The van der Waals surface area contributed by atoms with E-state index in [1.54, 1.807) is 13.2 Å². The van der Waals surface area contributed by atoms with Crippen LogP contribution in [0.5, 0.6) is 5.75 Å². The molecule has 1 N–H and O–H groups in total. The third-order valence-corrected chi connectivity index (χ3v) is 4.50. The van der Waals surface area contributed by atoms with E-state index in [0.29, 0.717) is 30.8 Å². The molecule has 3 aromatic rings. The fourth-order valence-corrected chi connectivity index (χ4v) is 3.07. The van der Waals surface area contributed by atoms with Crippen LogP contribution >= 0.6 is 0 Å². The number of carbonyl (C=O) groups is 1. The standard InChI is InChI=1S/C22H25N3O4/c1-3-29-17-10-8-16(9-11-17)14-21(26)23-15-20-18-6-4-5-7-19(18)22(27)25(24-20)12-13-28-2/h4-11H,3,12-15H2,1-2H3,(H,23,26). The zero-order valence-corrected chi connectivity index (χ0v) is 16.7. The van der Waals surface area contributed by atoms with Gasteiger partial charge < -0.3 is 14.8 Å². The molecule has 1 amide bonds. The predicted octanol–water partition coefficient (Wildman–Crippen LogP) is 2.30. The van der Waals surface area contributed by atoms with E-state index >= 15 is 0 Å². The van der Waals surface area contributed by atoms with Crippen LogP contribution in [0.3, 0.4) is 0 Å². The monoisotopic (exact) mass is 395 g/mol. The summed E-state index contributed by atoms with van der Waals surface area (Å²) in [5.74, 6) is 0.667. The van der Waals surface area contributed by atoms with Crippen LogP contribution in [0.15, 0.2) is 53.3 Å². The number of nitrogens with one attached hydrogen (secondary N) is 1. The van der Waals surface area contributed by atoms with Gasteiger partial charge in [-0.1, -0.05) is 30.3 Å². The highest BCUT2D eigenvalue weighted by molar-refractivity contribution is 5.84. The Hall–Kier alpha value is -3.19. The van der Waals surface area contributed by atoms with Crippen LogP contribution in [0.1, 0.15) is 18.2 Å². The Kier molecular flexibility index (Phi) is 6.97. The molecule has 1 heterocycles. The molecule has 3 rings (SSSR count). The number of nitrogens with zero attached hydrogens (tertiary/aromatic N) is 2. The summed E-state index contributed by atoms with van der Waals surface area (Å²) in [6, 6.07) is 14.8. The van der Waals surface area contributed by atoms with E-state index < -0.39 is 0 Å². The third-order valence-electron chi connectivity index (χ3n) is 4.50. The molecule has 0 saturated carbocycles. The van der Waals surface area contributed by atoms with E-state index in [2.05, 4.69) is 10.4 Å². The lowest BCUT2D eigenvalue weighted by atomic mass is 10.1. The number of hydrogen-bond donors (Lipinski definition) is 1. The van der Waals surface area contributed by atoms with Gasteiger partial charge in [0.2, 0.25) is 5.91 Å². The summed E-state index contributed by atoms with van der Waals surface area (Å²) in [7, 11) is 1.58. The van der Waals surface area contributed by atoms with Gasteiger partial charge in [0, 0.05) is 12.5 Å². The highest BCUT2D eigenvalue weighted by Crippen LogP contribution is 2.14. The summed E-state index contributed by atoms with van der Waals surface area (Å²) in [6.45, 7) is 3.51. The maximum Gasteiger partial charge on any atom is 0.274 e. The molecule has 2 aromatic carbocycles. The van der Waals surface area contributed by atoms with E-state index in [4.69, 9.17) is 9.47 Å². The zero-order chi connectivity index (χ0) is 20.6. The van der Waals surface area contributed by atoms with Crippen LogP contribution in [-0.4, -0.2) is 36.0 Å². The molecule has 0 atom stereocenters. The molecule has 29 heavy (non-hydrogen) atoms. The highest BCUT2D eigenvalue weighted by atomic mass is 16.5. The quantitative estimate of drug-likeness (QED) is 0.601. The Balaban J connectivity index is 1.73. The molecule has 7 nitrogen and oxygen atoms in total. The zero-order valence-electron chi connectivity index (χ0n) is 16.7. The largest absolute Gasteiger partial charge is 0.494 e. The number of rotatable bonds is 9. The molecule has 0 aliphatic heterocycles. The lowest BCUT2D eigenvalue weighted by molar-refractivity contribution is -0.120. The van der Waals surface area contributed by atoms with Crippen molar-refractivity contribution < 1.29 is 14.3 Å². The number of fused-ring (bicyclic) bond motifs is 1. The minimum absolute atomic E-state index is 0.116. The lowest BCUT2D eigenvalue weighted by Crippen LogP contribution is -2.30. The molecular formula is C22H25N3O4. The van der Waals surface area contributed by atoms with E-state index in [-0.39, 0.29) is 24.4 Å². The number of methoxy groups -OCH3 is 1. The maximum atomic E-state index is 12.6. The van der Waals surface area contributed by atoms with Gasteiger partial charge in [-0.25, -0.2) is 4.68 Å². The summed E-state index contributed by atoms with van der Waals surface area (Å²) < 4.78 is 11.9. The first-order valence-corrected chi connectivity index (χ1v) is 9.58. The average Bonchev–Trinajstić information content (AvgIpc) is 2.74. The van der Waals surface area contributed by atoms with Gasteiger partial charge in [-0.05, 0) is 30.7 Å². The van der Waals surface area contributed by atoms with Crippen LogP contribution in [0, 0.1) is 0 Å². The minimum atomic E-state index is -0.165. The van der Waals surface area contributed by atoms with Gasteiger partial charge in [0.15, 0.2) is 0 Å². The van der Waals surface area contributed by atoms with Gasteiger partial charge >= 0.3 is 0 Å². The number of amides is 1. The highest BCUT2D eigenvalue weighted by Gasteiger charge is 2.12. The van der Waals surface area contributed by atoms with Crippen molar-refractivity contribution in [3.63, 3.8) is 0 Å². The first-order chi connectivity index (χ1) is 14.1. The van der Waals surface area contributed by atoms with Crippen molar-refractivity contribution in [1.29, 1.82) is 0 Å². The fraction of sp³-hybridized carbons (Fsp3) is 0.318. The summed E-state index contributed by atoms with van der Waals surface area (Å²) >= 11 is 0. The number of carbonyl (C=O) groups excluding carboxylic acids is 1. The van der Waals surface area contributed by atoms with Crippen molar-refractivity contribution in [3.05, 3.63) is 70.1 Å². The van der Waals surface area contributed by atoms with E-state index in [1.807, 2.05) is 49.4 Å². The first kappa shape index (κ1) is 20.5. The Morgan fingerprint density at radius 3 is 2.52 bits per heavy atom. The van der Waals surface area contributed by atoms with Crippen LogP contribution in [0.4, 0.5) is 0 Å². The number of ether oxygens (including phenoxy) is 2. The fourth-order valence-electron chi connectivity index (χ4n) is 3.07. The van der Waals surface area contributed by atoms with Crippen molar-refractivity contribution in [3.8, 4) is 5.75 Å². The van der Waals surface area contributed by atoms with Crippen molar-refractivity contribution in [1.82, 2.24) is 15.1 Å². The van der Waals surface area contributed by atoms with Crippen LogP contribution in [0.25, 0.3) is 10.8 Å². The molecule has 1 aromatic heterocycles. The topological polar surface area (TPSA) is 82.4 Å². The Morgan fingerprint density at radius 1 is 1.10 bits per heavy atom. The van der Waals surface area contributed by atoms with Gasteiger partial charge in [0.25, 0.3) is 5.56 Å². The second-order valence-corrected chi connectivity index (χ2v) is 6.54. The van der Waals surface area contributed by atoms with Crippen molar-refractivity contribution in [2.45, 2.75) is 26.4 Å². The molecule has 0 aliphatic rings. The molecule has 0 unspecified atom stereocenters. The third kappa shape index (κ3) is 5.20. The number of aromatic nitrogens is 2. The normalized spacial score (nSPS) is 10.8. The summed E-state index contributed by atoms with van der Waals surface area (Å²) in [5, 5.41) is 8.67. The predicted molar refractivity (Wildman–Crippen MR) is 111 cm³/mol. The van der Waals surface area contributed by atoms with Gasteiger partial charge in [0.05, 0.1) is 43.8 Å². The first-order valence-electron chi connectivity index (χ1n) is 9.58. The Labute approximate surface area is 169 Å². The summed E-state index contributed by atoms with van der Waals surface area (Å²) in [6.07, 6.45) is 0.258. The second-order valence-electron chi connectivity index (χ2n) is 6.54. The van der Waals surface area contributed by atoms with Crippen LogP contribution < -0.4 is 15.6 Å². The van der Waals surface area contributed by atoms with Crippen molar-refractivity contribution in [2.24, 2.45) is 0 Å². The van der Waals surface area contributed by atoms with Crippen molar-refractivity contribution in [2.75, 3.05) is 20.3 Å². The molecule has 0 aliphatic carbocycles. The smallest absolute Gasteiger partial charge is 0.274 e. The SMILES string of the molecule is CCOc1ccc(CC(=O)NCc2nn(CCOC)c(=O)c3ccccc23)cc1. The van der Waals surface area contributed by atoms with Crippen molar-refractivity contribution >= 4 is 16.7 Å². The van der Waals surface area contributed by atoms with Crippen LogP contribution in [-0.2, 0) is 29.0 Å². The summed E-state index contributed by atoms with van der Waals surface area (Å²) in [4.78, 5) is 25.0. The molecule has 152 valence electrons. The van der Waals surface area contributed by atoms with E-state index in [9.17, 15) is 9.59 Å². The molecule has 0 bridgehead atoms. The minimum Gasteiger partial charge on any atom is -0.494 e. The molecule has 7 heteroatoms. The lowest BCUT2D eigenvalue weighted by Gasteiger charge is -2.12. The van der Waals surface area contributed by atoms with Crippen LogP contribution in [0.2, 0.25) is 0 Å². The van der Waals surface area contributed by atoms with E-state index in [0.717, 1.165) is 16.7 Å². The molecule has 0 radical (unpaired) electrons. The number of hydrogen-bond acceptors (Lipinski definition) is 5. The Bertz CT molecular complexity index is 1030. The van der Waals surface area contributed by atoms with E-state index in [1.165, 1.54) is 4.68 Å². The Morgan fingerprint density at radius 2 is 1.83 bits per heavy atom. The molecule has 0 fully saturated rings. The summed E-state index contributed by atoms with van der Waals surface area (Å²) in [5.41, 5.74) is 1.38. The average molecular weight is 395 g/mol. The van der Waals surface area contributed by atoms with Gasteiger partial charge in [-0.3, -0.25) is 9.59 Å². The van der Waals surface area contributed by atoms with Gasteiger partial charge in [0.1, 0.15) is 5.75 Å². The van der Waals surface area contributed by atoms with Gasteiger partial charge in [-0.15, -0.1) is 0 Å². The molecule has 0 saturated heterocycles. The molecule has 0 spiro atoms. The second kappa shape index (κ2) is 9.84. The van der Waals surface area contributed by atoms with Gasteiger partial charge in [-0.2, -0.15) is 5.10 Å². The molecular weight excluding hydrogens is 370 g/mol. The number of benzene rings is 2.